The maximum Gasteiger partial charge on any atom is 0.267 e. The minimum atomic E-state index is -2.64. The topological polar surface area (TPSA) is 53.1 Å². The third-order valence-corrected chi connectivity index (χ3v) is 2.56. The highest BCUT2D eigenvalue weighted by molar-refractivity contribution is 5.49. The number of anilines is 1. The van der Waals surface area contributed by atoms with E-state index in [1.807, 2.05) is 6.92 Å². The SMILES string of the molecule is CCCn1cc(Oc2ccc(N)cc2C(F)F)cn1. The monoisotopic (exact) mass is 267 g/mol. The van der Waals surface area contributed by atoms with Crippen LogP contribution in [0.15, 0.2) is 30.6 Å². The molecule has 0 spiro atoms. The van der Waals surface area contributed by atoms with Gasteiger partial charge in [0.25, 0.3) is 6.43 Å². The van der Waals surface area contributed by atoms with Crippen LogP contribution in [0.4, 0.5) is 14.5 Å². The first-order valence-electron chi connectivity index (χ1n) is 5.98. The summed E-state index contributed by atoms with van der Waals surface area (Å²) in [6.45, 7) is 2.78. The number of nitrogens with two attached hydrogens (primary N) is 1. The lowest BCUT2D eigenvalue weighted by Crippen LogP contribution is -1.96. The molecule has 2 N–H and O–H groups in total. The molecule has 0 fully saturated rings. The quantitative estimate of drug-likeness (QED) is 0.842. The number of alkyl halides is 2. The molecule has 0 saturated carbocycles. The van der Waals surface area contributed by atoms with Gasteiger partial charge in [-0.15, -0.1) is 0 Å². The Hall–Kier alpha value is -2.11. The molecule has 0 bridgehead atoms. The standard InChI is InChI=1S/C13H15F2N3O/c1-2-5-18-8-10(7-17-18)19-12-4-3-9(16)6-11(12)13(14)15/h3-4,6-8,13H,2,5,16H2,1H3. The first kappa shape index (κ1) is 13.3. The zero-order valence-corrected chi connectivity index (χ0v) is 10.5. The number of rotatable bonds is 5. The summed E-state index contributed by atoms with van der Waals surface area (Å²) in [7, 11) is 0. The summed E-state index contributed by atoms with van der Waals surface area (Å²) < 4.78 is 32.9. The van der Waals surface area contributed by atoms with Gasteiger partial charge in [0.1, 0.15) is 5.75 Å². The Labute approximate surface area is 109 Å². The summed E-state index contributed by atoms with van der Waals surface area (Å²) in [5, 5.41) is 4.07. The number of hydrogen-bond acceptors (Lipinski definition) is 3. The van der Waals surface area contributed by atoms with Crippen LogP contribution in [0.25, 0.3) is 0 Å². The maximum absolute atomic E-state index is 12.9. The van der Waals surface area contributed by atoms with Crippen molar-refractivity contribution < 1.29 is 13.5 Å². The lowest BCUT2D eigenvalue weighted by Gasteiger charge is -2.09. The molecular weight excluding hydrogens is 252 g/mol. The van der Waals surface area contributed by atoms with E-state index in [1.54, 1.807) is 10.9 Å². The molecule has 0 aliphatic heterocycles. The zero-order chi connectivity index (χ0) is 13.8. The number of nitrogen functional groups attached to an aromatic ring is 1. The van der Waals surface area contributed by atoms with Crippen LogP contribution in [0, 0.1) is 0 Å². The van der Waals surface area contributed by atoms with E-state index >= 15 is 0 Å². The summed E-state index contributed by atoms with van der Waals surface area (Å²) in [5.74, 6) is 0.528. The van der Waals surface area contributed by atoms with Crippen molar-refractivity contribution in [2.45, 2.75) is 26.3 Å². The Morgan fingerprint density at radius 2 is 2.21 bits per heavy atom. The minimum absolute atomic E-state index is 0.0975. The Morgan fingerprint density at radius 3 is 2.89 bits per heavy atom. The molecule has 1 heterocycles. The molecule has 6 heteroatoms. The average Bonchev–Trinajstić information content (AvgIpc) is 2.79. The lowest BCUT2D eigenvalue weighted by atomic mass is 10.2. The molecule has 1 aromatic heterocycles. The minimum Gasteiger partial charge on any atom is -0.454 e. The van der Waals surface area contributed by atoms with Crippen LogP contribution in [0.3, 0.4) is 0 Å². The lowest BCUT2D eigenvalue weighted by molar-refractivity contribution is 0.148. The first-order chi connectivity index (χ1) is 9.10. The highest BCUT2D eigenvalue weighted by Gasteiger charge is 2.15. The second-order valence-corrected chi connectivity index (χ2v) is 4.14. The van der Waals surface area contributed by atoms with E-state index in [4.69, 9.17) is 10.5 Å². The molecule has 2 rings (SSSR count). The molecule has 2 aromatic rings. The molecule has 0 aliphatic carbocycles. The van der Waals surface area contributed by atoms with Crippen molar-refractivity contribution >= 4 is 5.69 Å². The highest BCUT2D eigenvalue weighted by Crippen LogP contribution is 2.33. The summed E-state index contributed by atoms with van der Waals surface area (Å²) in [5.41, 5.74) is 5.56. The van der Waals surface area contributed by atoms with E-state index in [1.165, 1.54) is 24.4 Å². The van der Waals surface area contributed by atoms with Crippen molar-refractivity contribution in [2.24, 2.45) is 0 Å². The molecule has 0 saturated heterocycles. The van der Waals surface area contributed by atoms with E-state index in [9.17, 15) is 8.78 Å². The summed E-state index contributed by atoms with van der Waals surface area (Å²) >= 11 is 0. The predicted molar refractivity (Wildman–Crippen MR) is 68.4 cm³/mol. The fourth-order valence-corrected chi connectivity index (χ4v) is 1.71. The molecule has 19 heavy (non-hydrogen) atoms. The van der Waals surface area contributed by atoms with Crippen LogP contribution in [0.2, 0.25) is 0 Å². The molecule has 4 nitrogen and oxygen atoms in total. The van der Waals surface area contributed by atoms with Crippen molar-refractivity contribution in [3.8, 4) is 11.5 Å². The summed E-state index contributed by atoms with van der Waals surface area (Å²) in [4.78, 5) is 0. The zero-order valence-electron chi connectivity index (χ0n) is 10.5. The molecule has 0 aliphatic rings. The molecule has 0 amide bonds. The van der Waals surface area contributed by atoms with Crippen molar-refractivity contribution in [2.75, 3.05) is 5.73 Å². The molecule has 0 radical (unpaired) electrons. The van der Waals surface area contributed by atoms with E-state index in [0.29, 0.717) is 5.75 Å². The predicted octanol–water partition coefficient (Wildman–Crippen LogP) is 3.61. The van der Waals surface area contributed by atoms with Gasteiger partial charge in [-0.05, 0) is 24.6 Å². The Morgan fingerprint density at radius 1 is 1.42 bits per heavy atom. The normalized spacial score (nSPS) is 10.9. The van der Waals surface area contributed by atoms with Gasteiger partial charge in [-0.2, -0.15) is 5.10 Å². The second kappa shape index (κ2) is 5.69. The van der Waals surface area contributed by atoms with Gasteiger partial charge >= 0.3 is 0 Å². The number of benzene rings is 1. The van der Waals surface area contributed by atoms with Crippen LogP contribution in [0.1, 0.15) is 25.3 Å². The van der Waals surface area contributed by atoms with Gasteiger partial charge in [-0.25, -0.2) is 8.78 Å². The average molecular weight is 267 g/mol. The fraction of sp³-hybridized carbons (Fsp3) is 0.308. The van der Waals surface area contributed by atoms with Gasteiger partial charge in [0.2, 0.25) is 0 Å². The van der Waals surface area contributed by atoms with Gasteiger partial charge in [0, 0.05) is 12.2 Å². The van der Waals surface area contributed by atoms with Gasteiger partial charge < -0.3 is 10.5 Å². The fourth-order valence-electron chi connectivity index (χ4n) is 1.71. The molecule has 1 aromatic carbocycles. The van der Waals surface area contributed by atoms with Crippen molar-refractivity contribution in [3.63, 3.8) is 0 Å². The van der Waals surface area contributed by atoms with Crippen molar-refractivity contribution in [3.05, 3.63) is 36.2 Å². The maximum atomic E-state index is 12.9. The van der Waals surface area contributed by atoms with E-state index in [2.05, 4.69) is 5.10 Å². The van der Waals surface area contributed by atoms with Crippen LogP contribution in [-0.2, 0) is 6.54 Å². The summed E-state index contributed by atoms with van der Waals surface area (Å²) in [6.07, 6.45) is 1.48. The van der Waals surface area contributed by atoms with Gasteiger partial charge in [-0.1, -0.05) is 6.92 Å². The van der Waals surface area contributed by atoms with Gasteiger partial charge in [0.05, 0.1) is 18.0 Å². The van der Waals surface area contributed by atoms with E-state index in [-0.39, 0.29) is 17.0 Å². The Bertz CT molecular complexity index is 555. The number of hydrogen-bond donors (Lipinski definition) is 1. The first-order valence-corrected chi connectivity index (χ1v) is 5.98. The molecule has 0 unspecified atom stereocenters. The van der Waals surface area contributed by atoms with Crippen molar-refractivity contribution in [1.82, 2.24) is 9.78 Å². The highest BCUT2D eigenvalue weighted by atomic mass is 19.3. The van der Waals surface area contributed by atoms with Crippen LogP contribution < -0.4 is 10.5 Å². The number of ether oxygens (including phenoxy) is 1. The van der Waals surface area contributed by atoms with Gasteiger partial charge in [0.15, 0.2) is 5.75 Å². The molecule has 102 valence electrons. The third-order valence-electron chi connectivity index (χ3n) is 2.56. The number of halogens is 2. The molecular formula is C13H15F2N3O. The van der Waals surface area contributed by atoms with Crippen molar-refractivity contribution in [1.29, 1.82) is 0 Å². The summed E-state index contributed by atoms with van der Waals surface area (Å²) in [6, 6.07) is 4.18. The van der Waals surface area contributed by atoms with Crippen LogP contribution in [0.5, 0.6) is 11.5 Å². The van der Waals surface area contributed by atoms with Crippen LogP contribution >= 0.6 is 0 Å². The number of nitrogens with zero attached hydrogens (tertiary/aromatic N) is 2. The largest absolute Gasteiger partial charge is 0.454 e. The van der Waals surface area contributed by atoms with Gasteiger partial charge in [-0.3, -0.25) is 4.68 Å². The third kappa shape index (κ3) is 3.21. The smallest absolute Gasteiger partial charge is 0.267 e. The van der Waals surface area contributed by atoms with Crippen LogP contribution in [-0.4, -0.2) is 9.78 Å². The second-order valence-electron chi connectivity index (χ2n) is 4.14. The molecule has 0 atom stereocenters. The van der Waals surface area contributed by atoms with E-state index < -0.39 is 6.43 Å². The number of aromatic nitrogens is 2. The number of aryl methyl sites for hydroxylation is 1. The Balaban J connectivity index is 2.22. The van der Waals surface area contributed by atoms with E-state index in [0.717, 1.165) is 13.0 Å². The Kier molecular flexibility index (Phi) is 3.99.